The molecule has 3 rings (SSSR count). The van der Waals surface area contributed by atoms with Crippen LogP contribution in [-0.4, -0.2) is 22.6 Å². The van der Waals surface area contributed by atoms with E-state index in [9.17, 15) is 0 Å². The highest BCUT2D eigenvalue weighted by Crippen LogP contribution is 2.29. The molecule has 1 N–H and O–H groups in total. The first-order valence-electron chi connectivity index (χ1n) is 7.34. The molecular weight excluding hydrogens is 248 g/mol. The topological polar surface area (TPSA) is 33.1 Å². The predicted octanol–water partition coefficient (Wildman–Crippen LogP) is 3.29. The second-order valence-electron chi connectivity index (χ2n) is 5.61. The fourth-order valence-electron chi connectivity index (χ4n) is 2.79. The van der Waals surface area contributed by atoms with Crippen LogP contribution in [0.25, 0.3) is 0 Å². The molecule has 1 aliphatic rings. The van der Waals surface area contributed by atoms with E-state index in [1.165, 1.54) is 17.1 Å². The van der Waals surface area contributed by atoms with Gasteiger partial charge >= 0.3 is 0 Å². The highest BCUT2D eigenvalue weighted by atomic mass is 15.2. The largest absolute Gasteiger partial charge is 0.383 e. The number of benzene rings is 1. The number of para-hydroxylation sites is 2. The van der Waals surface area contributed by atoms with Gasteiger partial charge in [0.2, 0.25) is 0 Å². The van der Waals surface area contributed by atoms with Crippen molar-refractivity contribution in [2.45, 2.75) is 32.9 Å². The molecule has 1 aromatic heterocycles. The van der Waals surface area contributed by atoms with Gasteiger partial charge in [0.05, 0.1) is 29.9 Å². The van der Waals surface area contributed by atoms with Crippen LogP contribution in [0.2, 0.25) is 0 Å². The van der Waals surface area contributed by atoms with E-state index >= 15 is 0 Å². The van der Waals surface area contributed by atoms with Crippen LogP contribution in [0, 0.1) is 0 Å². The lowest BCUT2D eigenvalue weighted by atomic mass is 10.2. The van der Waals surface area contributed by atoms with Crippen molar-refractivity contribution in [1.29, 1.82) is 0 Å². The molecule has 0 bridgehead atoms. The summed E-state index contributed by atoms with van der Waals surface area (Å²) in [6.45, 7) is 7.42. The molecule has 0 saturated heterocycles. The number of aromatic nitrogens is 2. The van der Waals surface area contributed by atoms with Crippen molar-refractivity contribution in [2.75, 3.05) is 23.3 Å². The van der Waals surface area contributed by atoms with Crippen molar-refractivity contribution in [1.82, 2.24) is 9.55 Å². The SMILES string of the molecule is CC(C)n1cncc1CN1CCCNc2ccccc21. The fourth-order valence-corrected chi connectivity index (χ4v) is 2.79. The summed E-state index contributed by atoms with van der Waals surface area (Å²) in [5.74, 6) is 0. The molecule has 0 aliphatic carbocycles. The van der Waals surface area contributed by atoms with E-state index in [-0.39, 0.29) is 0 Å². The Morgan fingerprint density at radius 2 is 2.15 bits per heavy atom. The van der Waals surface area contributed by atoms with Crippen molar-refractivity contribution < 1.29 is 0 Å². The average Bonchev–Trinajstić information content (AvgIpc) is 2.81. The summed E-state index contributed by atoms with van der Waals surface area (Å²) >= 11 is 0. The lowest BCUT2D eigenvalue weighted by molar-refractivity contribution is 0.566. The van der Waals surface area contributed by atoms with Gasteiger partial charge in [-0.15, -0.1) is 0 Å². The van der Waals surface area contributed by atoms with Gasteiger partial charge < -0.3 is 14.8 Å². The normalized spacial score (nSPS) is 14.8. The third-order valence-electron chi connectivity index (χ3n) is 3.82. The highest BCUT2D eigenvalue weighted by Gasteiger charge is 2.16. The molecule has 0 unspecified atom stereocenters. The van der Waals surface area contributed by atoms with Crippen molar-refractivity contribution in [3.05, 3.63) is 42.5 Å². The quantitative estimate of drug-likeness (QED) is 0.929. The third-order valence-corrected chi connectivity index (χ3v) is 3.82. The molecule has 20 heavy (non-hydrogen) atoms. The van der Waals surface area contributed by atoms with E-state index in [1.807, 2.05) is 12.5 Å². The van der Waals surface area contributed by atoms with Crippen LogP contribution in [-0.2, 0) is 6.54 Å². The summed E-state index contributed by atoms with van der Waals surface area (Å²) in [6.07, 6.45) is 5.08. The minimum atomic E-state index is 0.452. The zero-order valence-corrected chi connectivity index (χ0v) is 12.2. The van der Waals surface area contributed by atoms with E-state index in [4.69, 9.17) is 0 Å². The molecule has 2 heterocycles. The van der Waals surface area contributed by atoms with Crippen molar-refractivity contribution in [2.24, 2.45) is 0 Å². The van der Waals surface area contributed by atoms with Crippen LogP contribution in [0.4, 0.5) is 11.4 Å². The Kier molecular flexibility index (Phi) is 3.63. The number of imidazole rings is 1. The molecule has 0 atom stereocenters. The van der Waals surface area contributed by atoms with Gasteiger partial charge in [0, 0.05) is 25.3 Å². The van der Waals surface area contributed by atoms with Gasteiger partial charge in [0.15, 0.2) is 0 Å². The maximum absolute atomic E-state index is 4.31. The Bertz CT molecular complexity index is 573. The van der Waals surface area contributed by atoms with Crippen molar-refractivity contribution in [3.8, 4) is 0 Å². The molecule has 4 heteroatoms. The summed E-state index contributed by atoms with van der Waals surface area (Å²) in [7, 11) is 0. The molecule has 0 amide bonds. The van der Waals surface area contributed by atoms with Crippen LogP contribution in [0.5, 0.6) is 0 Å². The summed E-state index contributed by atoms with van der Waals surface area (Å²) in [6, 6.07) is 9.01. The predicted molar refractivity (Wildman–Crippen MR) is 83.2 cm³/mol. The monoisotopic (exact) mass is 270 g/mol. The second kappa shape index (κ2) is 5.57. The molecule has 0 saturated carbocycles. The number of anilines is 2. The van der Waals surface area contributed by atoms with Gasteiger partial charge in [-0.25, -0.2) is 4.98 Å². The summed E-state index contributed by atoms with van der Waals surface area (Å²) < 4.78 is 2.25. The fraction of sp³-hybridized carbons (Fsp3) is 0.438. The van der Waals surface area contributed by atoms with Crippen LogP contribution < -0.4 is 10.2 Å². The minimum Gasteiger partial charge on any atom is -0.383 e. The average molecular weight is 270 g/mol. The molecular formula is C16H22N4. The molecule has 0 radical (unpaired) electrons. The third kappa shape index (κ3) is 2.50. The maximum atomic E-state index is 4.31. The Balaban J connectivity index is 1.88. The first kappa shape index (κ1) is 13.0. The zero-order chi connectivity index (χ0) is 13.9. The van der Waals surface area contributed by atoms with Gasteiger partial charge in [0.1, 0.15) is 0 Å². The van der Waals surface area contributed by atoms with E-state index in [2.05, 4.69) is 57.9 Å². The number of hydrogen-bond donors (Lipinski definition) is 1. The molecule has 0 fully saturated rings. The van der Waals surface area contributed by atoms with Crippen LogP contribution in [0.1, 0.15) is 32.0 Å². The van der Waals surface area contributed by atoms with E-state index < -0.39 is 0 Å². The van der Waals surface area contributed by atoms with Crippen LogP contribution in [0.15, 0.2) is 36.8 Å². The Morgan fingerprint density at radius 3 is 3.00 bits per heavy atom. The van der Waals surface area contributed by atoms with Gasteiger partial charge in [-0.2, -0.15) is 0 Å². The first-order valence-corrected chi connectivity index (χ1v) is 7.34. The second-order valence-corrected chi connectivity index (χ2v) is 5.61. The molecule has 4 nitrogen and oxygen atoms in total. The number of nitrogens with one attached hydrogen (secondary N) is 1. The maximum Gasteiger partial charge on any atom is 0.0951 e. The van der Waals surface area contributed by atoms with Crippen molar-refractivity contribution >= 4 is 11.4 Å². The first-order chi connectivity index (χ1) is 9.75. The van der Waals surface area contributed by atoms with E-state index in [0.29, 0.717) is 6.04 Å². The minimum absolute atomic E-state index is 0.452. The Morgan fingerprint density at radius 1 is 1.30 bits per heavy atom. The Labute approximate surface area is 120 Å². The number of rotatable bonds is 3. The highest BCUT2D eigenvalue weighted by molar-refractivity contribution is 5.70. The number of fused-ring (bicyclic) bond motifs is 1. The number of hydrogen-bond acceptors (Lipinski definition) is 3. The number of nitrogens with zero attached hydrogens (tertiary/aromatic N) is 3. The van der Waals surface area contributed by atoms with Gasteiger partial charge in [0.25, 0.3) is 0 Å². The Hall–Kier alpha value is -1.97. The lowest BCUT2D eigenvalue weighted by Gasteiger charge is -2.25. The standard InChI is InChI=1S/C16H22N4/c1-13(2)20-12-17-10-14(20)11-19-9-5-8-18-15-6-3-4-7-16(15)19/h3-4,6-7,10,12-13,18H,5,8-9,11H2,1-2H3. The smallest absolute Gasteiger partial charge is 0.0951 e. The molecule has 106 valence electrons. The van der Waals surface area contributed by atoms with Crippen LogP contribution >= 0.6 is 0 Å². The molecule has 1 aliphatic heterocycles. The summed E-state index contributed by atoms with van der Waals surface area (Å²) in [5.41, 5.74) is 3.80. The molecule has 0 spiro atoms. The van der Waals surface area contributed by atoms with Crippen molar-refractivity contribution in [3.63, 3.8) is 0 Å². The summed E-state index contributed by atoms with van der Waals surface area (Å²) in [5, 5.41) is 3.51. The molecule has 2 aromatic rings. The van der Waals surface area contributed by atoms with Gasteiger partial charge in [-0.1, -0.05) is 12.1 Å². The zero-order valence-electron chi connectivity index (χ0n) is 12.2. The summed E-state index contributed by atoms with van der Waals surface area (Å²) in [4.78, 5) is 6.76. The van der Waals surface area contributed by atoms with E-state index in [0.717, 1.165) is 26.1 Å². The lowest BCUT2D eigenvalue weighted by Crippen LogP contribution is -2.25. The van der Waals surface area contributed by atoms with E-state index in [1.54, 1.807) is 0 Å². The van der Waals surface area contributed by atoms with Gasteiger partial charge in [-0.05, 0) is 32.4 Å². The van der Waals surface area contributed by atoms with Crippen LogP contribution in [0.3, 0.4) is 0 Å². The van der Waals surface area contributed by atoms with Gasteiger partial charge in [-0.3, -0.25) is 0 Å². The molecule has 1 aromatic carbocycles.